The number of hydrogen-bond donors (Lipinski definition) is 1. The summed E-state index contributed by atoms with van der Waals surface area (Å²) < 4.78 is 53.2. The van der Waals surface area contributed by atoms with Gasteiger partial charge in [0.15, 0.2) is 0 Å². The molecule has 0 atom stereocenters. The Labute approximate surface area is 229 Å². The normalized spacial score (nSPS) is 13.9. The van der Waals surface area contributed by atoms with Gasteiger partial charge in [-0.15, -0.1) is 0 Å². The van der Waals surface area contributed by atoms with Crippen LogP contribution in [0.3, 0.4) is 0 Å². The van der Waals surface area contributed by atoms with E-state index in [0.29, 0.717) is 15.6 Å². The highest BCUT2D eigenvalue weighted by molar-refractivity contribution is 6.31. The van der Waals surface area contributed by atoms with Crippen LogP contribution in [0, 0.1) is 19.7 Å². The van der Waals surface area contributed by atoms with Crippen LogP contribution in [0.4, 0.5) is 23.2 Å². The molecule has 40 heavy (non-hydrogen) atoms. The van der Waals surface area contributed by atoms with Gasteiger partial charge in [-0.25, -0.2) is 9.18 Å². The average Bonchev–Trinajstić information content (AvgIpc) is 2.89. The van der Waals surface area contributed by atoms with Gasteiger partial charge >= 0.3 is 17.7 Å². The number of rotatable bonds is 5. The molecule has 1 fully saturated rings. The Morgan fingerprint density at radius 1 is 1.07 bits per heavy atom. The molecule has 2 heterocycles. The highest BCUT2D eigenvalue weighted by Crippen LogP contribution is 2.23. The summed E-state index contributed by atoms with van der Waals surface area (Å²) in [7, 11) is 0. The molecule has 14 heteroatoms. The zero-order valence-electron chi connectivity index (χ0n) is 21.1. The summed E-state index contributed by atoms with van der Waals surface area (Å²) in [6.07, 6.45) is -5.57. The van der Waals surface area contributed by atoms with E-state index in [-0.39, 0.29) is 54.0 Å². The van der Waals surface area contributed by atoms with Crippen molar-refractivity contribution in [1.29, 1.82) is 0 Å². The van der Waals surface area contributed by atoms with Gasteiger partial charge in [-0.3, -0.25) is 14.4 Å². The third kappa shape index (κ3) is 5.98. The topological polar surface area (TPSA) is 104 Å². The van der Waals surface area contributed by atoms with E-state index in [1.165, 1.54) is 35.8 Å². The molecule has 1 aromatic heterocycles. The summed E-state index contributed by atoms with van der Waals surface area (Å²) in [5.41, 5.74) is 0.0169. The lowest BCUT2D eigenvalue weighted by Gasteiger charge is -2.34. The highest BCUT2D eigenvalue weighted by Gasteiger charge is 2.46. The SMILES string of the molecule is Cc1c(C)c(=O)[nH][n+](OC(=O)C(F)(F)F)c1Cc1ccc(F)c(C(=O)N2CCN(c3cccc(Cl)c3)C(=O)C2)c1. The molecule has 2 aromatic carbocycles. The van der Waals surface area contributed by atoms with Crippen molar-refractivity contribution in [2.75, 3.05) is 24.5 Å². The van der Waals surface area contributed by atoms with Crippen molar-refractivity contribution in [3.8, 4) is 0 Å². The zero-order valence-corrected chi connectivity index (χ0v) is 21.9. The number of anilines is 1. The maximum absolute atomic E-state index is 14.8. The summed E-state index contributed by atoms with van der Waals surface area (Å²) in [6.45, 7) is 2.80. The van der Waals surface area contributed by atoms with Crippen LogP contribution in [0.25, 0.3) is 0 Å². The lowest BCUT2D eigenvalue weighted by atomic mass is 10.0. The minimum Gasteiger partial charge on any atom is -0.327 e. The second-order valence-electron chi connectivity index (χ2n) is 9.05. The smallest absolute Gasteiger partial charge is 0.327 e. The lowest BCUT2D eigenvalue weighted by Crippen LogP contribution is -2.58. The molecule has 1 aliphatic rings. The standard InChI is InChI=1S/C26H21ClF4N4O5/c1-14-15(2)23(37)32-35(40-25(39)26(29,30)31)21(14)11-16-6-7-20(28)19(10-16)24(38)33-8-9-34(22(36)13-33)18-5-3-4-17(27)12-18/h3-7,10,12H,8-9,11,13H2,1-2H3/p+1. The number of hydrogen-bond acceptors (Lipinski definition) is 5. The molecule has 0 radical (unpaired) electrons. The van der Waals surface area contributed by atoms with E-state index < -0.39 is 35.3 Å². The molecule has 210 valence electrons. The predicted octanol–water partition coefficient (Wildman–Crippen LogP) is 2.67. The second kappa shape index (κ2) is 11.1. The quantitative estimate of drug-likeness (QED) is 0.369. The molecule has 1 saturated heterocycles. The molecule has 0 saturated carbocycles. The monoisotopic (exact) mass is 581 g/mol. The van der Waals surface area contributed by atoms with E-state index in [0.717, 1.165) is 6.07 Å². The van der Waals surface area contributed by atoms with E-state index in [9.17, 15) is 36.7 Å². The van der Waals surface area contributed by atoms with Gasteiger partial charge in [0.2, 0.25) is 5.91 Å². The largest absolute Gasteiger partial charge is 0.498 e. The third-order valence-electron chi connectivity index (χ3n) is 6.45. The summed E-state index contributed by atoms with van der Waals surface area (Å²) in [6, 6.07) is 10.1. The van der Waals surface area contributed by atoms with Crippen molar-refractivity contribution in [3.05, 3.63) is 91.6 Å². The van der Waals surface area contributed by atoms with E-state index in [2.05, 4.69) is 9.94 Å². The van der Waals surface area contributed by atoms with Crippen molar-refractivity contribution in [1.82, 2.24) is 10.00 Å². The van der Waals surface area contributed by atoms with Crippen LogP contribution in [0.15, 0.2) is 47.3 Å². The van der Waals surface area contributed by atoms with Crippen molar-refractivity contribution >= 4 is 35.1 Å². The van der Waals surface area contributed by atoms with Crippen LogP contribution in [0.2, 0.25) is 5.02 Å². The number of piperazine rings is 1. The molecule has 0 unspecified atom stereocenters. The van der Waals surface area contributed by atoms with E-state index in [1.807, 2.05) is 0 Å². The molecule has 0 aliphatic carbocycles. The molecule has 9 nitrogen and oxygen atoms in total. The van der Waals surface area contributed by atoms with Gasteiger partial charge in [0.25, 0.3) is 11.6 Å². The number of alkyl halides is 3. The van der Waals surface area contributed by atoms with Crippen LogP contribution in [-0.4, -0.2) is 53.6 Å². The summed E-state index contributed by atoms with van der Waals surface area (Å²) in [5, 5.41) is 2.49. The van der Waals surface area contributed by atoms with Gasteiger partial charge in [-0.1, -0.05) is 28.8 Å². The van der Waals surface area contributed by atoms with Crippen LogP contribution >= 0.6 is 11.6 Å². The lowest BCUT2D eigenvalue weighted by molar-refractivity contribution is -0.921. The van der Waals surface area contributed by atoms with Crippen molar-refractivity contribution in [2.24, 2.45) is 0 Å². The number of aromatic nitrogens is 2. The fraction of sp³-hybridized carbons (Fsp3) is 0.269. The fourth-order valence-electron chi connectivity index (χ4n) is 4.17. The van der Waals surface area contributed by atoms with Crippen LogP contribution in [-0.2, 0) is 16.0 Å². The predicted molar refractivity (Wildman–Crippen MR) is 133 cm³/mol. The number of halogens is 5. The average molecular weight is 582 g/mol. The number of amides is 2. The van der Waals surface area contributed by atoms with Gasteiger partial charge in [-0.2, -0.15) is 18.0 Å². The van der Waals surface area contributed by atoms with Crippen LogP contribution in [0.1, 0.15) is 32.7 Å². The molecular formula is C26H22ClF4N4O5+. The molecule has 1 N–H and O–H groups in total. The Balaban J connectivity index is 1.59. The zero-order chi connectivity index (χ0) is 29.4. The number of nitrogens with one attached hydrogen (secondary N) is 1. The van der Waals surface area contributed by atoms with E-state index in [1.54, 1.807) is 24.3 Å². The first-order valence-electron chi connectivity index (χ1n) is 11.8. The third-order valence-corrected chi connectivity index (χ3v) is 6.69. The maximum atomic E-state index is 14.8. The van der Waals surface area contributed by atoms with Gasteiger partial charge in [0, 0.05) is 34.9 Å². The summed E-state index contributed by atoms with van der Waals surface area (Å²) in [4.78, 5) is 56.9. The molecule has 1 aliphatic heterocycles. The molecule has 4 rings (SSSR count). The second-order valence-corrected chi connectivity index (χ2v) is 9.49. The van der Waals surface area contributed by atoms with Gasteiger partial charge in [0.1, 0.15) is 17.2 Å². The summed E-state index contributed by atoms with van der Waals surface area (Å²) >= 11 is 6.00. The van der Waals surface area contributed by atoms with E-state index >= 15 is 0 Å². The number of aromatic amines is 1. The van der Waals surface area contributed by atoms with Crippen molar-refractivity contribution < 1.29 is 41.6 Å². The number of carbonyl (C=O) groups excluding carboxylic acids is 3. The van der Waals surface area contributed by atoms with Crippen molar-refractivity contribution in [3.63, 3.8) is 0 Å². The molecule has 0 bridgehead atoms. The van der Waals surface area contributed by atoms with E-state index in [4.69, 9.17) is 11.6 Å². The van der Waals surface area contributed by atoms with Crippen LogP contribution < -0.4 is 20.1 Å². The van der Waals surface area contributed by atoms with Gasteiger partial charge in [-0.05, 0) is 49.7 Å². The fourth-order valence-corrected chi connectivity index (χ4v) is 4.36. The molecule has 0 spiro atoms. The van der Waals surface area contributed by atoms with Crippen molar-refractivity contribution in [2.45, 2.75) is 26.4 Å². The number of nitrogens with zero attached hydrogens (tertiary/aromatic N) is 3. The first kappa shape index (κ1) is 28.7. The number of benzene rings is 2. The Hall–Kier alpha value is -4.26. The first-order valence-corrected chi connectivity index (χ1v) is 12.2. The Bertz CT molecular complexity index is 1570. The first-order chi connectivity index (χ1) is 18.8. The Morgan fingerprint density at radius 2 is 1.80 bits per heavy atom. The van der Waals surface area contributed by atoms with Gasteiger partial charge in [0.05, 0.1) is 12.0 Å². The number of carbonyl (C=O) groups is 3. The van der Waals surface area contributed by atoms with Gasteiger partial charge < -0.3 is 9.80 Å². The highest BCUT2D eigenvalue weighted by atomic mass is 35.5. The maximum Gasteiger partial charge on any atom is 0.498 e. The minimum absolute atomic E-state index is 0.0370. The number of H-pyrrole nitrogens is 1. The Kier molecular flexibility index (Phi) is 7.96. The Morgan fingerprint density at radius 3 is 2.45 bits per heavy atom. The molecule has 3 aromatic rings. The molecular weight excluding hydrogens is 560 g/mol. The summed E-state index contributed by atoms with van der Waals surface area (Å²) in [5.74, 6) is -4.59. The minimum atomic E-state index is -5.33. The van der Waals surface area contributed by atoms with Crippen LogP contribution in [0.5, 0.6) is 0 Å². The molecule has 2 amide bonds.